The third kappa shape index (κ3) is 1.66. The van der Waals surface area contributed by atoms with Crippen LogP contribution in [0.4, 0.5) is 0 Å². The molecule has 4 heteroatoms. The molecule has 88 valence electrons. The summed E-state index contributed by atoms with van der Waals surface area (Å²) in [6, 6.07) is 7.78. The molecule has 0 N–H and O–H groups in total. The highest BCUT2D eigenvalue weighted by Gasteiger charge is 2.23. The maximum Gasteiger partial charge on any atom is 0.227 e. The molecule has 1 aliphatic heterocycles. The summed E-state index contributed by atoms with van der Waals surface area (Å²) >= 11 is 0. The molecule has 0 aliphatic carbocycles. The van der Waals surface area contributed by atoms with E-state index in [4.69, 9.17) is 9.47 Å². The van der Waals surface area contributed by atoms with E-state index in [1.165, 1.54) is 0 Å². The van der Waals surface area contributed by atoms with Crippen molar-refractivity contribution in [2.75, 3.05) is 13.2 Å². The van der Waals surface area contributed by atoms with Crippen LogP contribution in [-0.2, 0) is 9.47 Å². The van der Waals surface area contributed by atoms with Crippen LogP contribution < -0.4 is 0 Å². The lowest BCUT2D eigenvalue weighted by molar-refractivity contribution is -0.0430. The van der Waals surface area contributed by atoms with Crippen LogP contribution in [0.25, 0.3) is 10.9 Å². The molecule has 1 saturated heterocycles. The number of carbonyl (C=O) groups excluding carboxylic acids is 1. The van der Waals surface area contributed by atoms with Crippen molar-refractivity contribution >= 4 is 16.8 Å². The van der Waals surface area contributed by atoms with Gasteiger partial charge in [-0.1, -0.05) is 18.2 Å². The molecule has 1 aliphatic rings. The Labute approximate surface area is 98.7 Å². The van der Waals surface area contributed by atoms with Crippen molar-refractivity contribution in [2.45, 2.75) is 13.2 Å². The lowest BCUT2D eigenvalue weighted by atomic mass is 10.2. The van der Waals surface area contributed by atoms with E-state index in [0.29, 0.717) is 13.2 Å². The van der Waals surface area contributed by atoms with Gasteiger partial charge in [-0.15, -0.1) is 0 Å². The predicted octanol–water partition coefficient (Wildman–Crippen LogP) is 2.35. The normalized spacial score (nSPS) is 16.8. The van der Waals surface area contributed by atoms with Crippen LogP contribution in [0.3, 0.4) is 0 Å². The minimum atomic E-state index is -0.347. The van der Waals surface area contributed by atoms with Crippen LogP contribution in [0, 0.1) is 0 Å². The SMILES string of the molecule is CC(=O)n1cc(C2OCCO2)c2ccccc21. The maximum atomic E-state index is 11.6. The number of fused-ring (bicyclic) bond motifs is 1. The van der Waals surface area contributed by atoms with Gasteiger partial charge in [0.15, 0.2) is 6.29 Å². The summed E-state index contributed by atoms with van der Waals surface area (Å²) in [5.74, 6) is -0.00885. The number of hydrogen-bond acceptors (Lipinski definition) is 3. The van der Waals surface area contributed by atoms with E-state index in [1.54, 1.807) is 11.5 Å². The zero-order valence-electron chi connectivity index (χ0n) is 9.55. The third-order valence-corrected chi connectivity index (χ3v) is 2.96. The maximum absolute atomic E-state index is 11.6. The number of ether oxygens (including phenoxy) is 2. The fourth-order valence-electron chi connectivity index (χ4n) is 2.19. The second-order valence-electron chi connectivity index (χ2n) is 4.06. The van der Waals surface area contributed by atoms with E-state index in [0.717, 1.165) is 16.5 Å². The van der Waals surface area contributed by atoms with Gasteiger partial charge in [0.2, 0.25) is 5.91 Å². The van der Waals surface area contributed by atoms with E-state index >= 15 is 0 Å². The number of aromatic nitrogens is 1. The van der Waals surface area contributed by atoms with Gasteiger partial charge in [0, 0.05) is 24.1 Å². The molecule has 0 spiro atoms. The molecule has 2 aromatic rings. The molecule has 1 fully saturated rings. The smallest absolute Gasteiger partial charge is 0.227 e. The summed E-state index contributed by atoms with van der Waals surface area (Å²) in [4.78, 5) is 11.6. The molecule has 4 nitrogen and oxygen atoms in total. The largest absolute Gasteiger partial charge is 0.346 e. The van der Waals surface area contributed by atoms with Gasteiger partial charge < -0.3 is 9.47 Å². The van der Waals surface area contributed by atoms with Crippen molar-refractivity contribution in [1.82, 2.24) is 4.57 Å². The fraction of sp³-hybridized carbons (Fsp3) is 0.308. The summed E-state index contributed by atoms with van der Waals surface area (Å²) in [5.41, 5.74) is 1.82. The van der Waals surface area contributed by atoms with Crippen molar-refractivity contribution < 1.29 is 14.3 Å². The summed E-state index contributed by atoms with van der Waals surface area (Å²) in [6.45, 7) is 2.75. The molecule has 0 amide bonds. The summed E-state index contributed by atoms with van der Waals surface area (Å²) in [6.07, 6.45) is 1.46. The quantitative estimate of drug-likeness (QED) is 0.756. The Morgan fingerprint density at radius 1 is 1.29 bits per heavy atom. The van der Waals surface area contributed by atoms with Gasteiger partial charge in [0.25, 0.3) is 0 Å². The first-order valence-corrected chi connectivity index (χ1v) is 5.61. The summed E-state index contributed by atoms with van der Waals surface area (Å²) in [7, 11) is 0. The highest BCUT2D eigenvalue weighted by atomic mass is 16.7. The fourth-order valence-corrected chi connectivity index (χ4v) is 2.19. The highest BCUT2D eigenvalue weighted by Crippen LogP contribution is 2.31. The number of carbonyl (C=O) groups is 1. The number of rotatable bonds is 1. The lowest BCUT2D eigenvalue weighted by Crippen LogP contribution is -2.03. The van der Waals surface area contributed by atoms with Crippen molar-refractivity contribution in [1.29, 1.82) is 0 Å². The molecular formula is C13H13NO3. The Morgan fingerprint density at radius 3 is 2.71 bits per heavy atom. The van der Waals surface area contributed by atoms with Crippen LogP contribution in [0.1, 0.15) is 23.6 Å². The standard InChI is InChI=1S/C13H13NO3/c1-9(15)14-8-11(13-16-6-7-17-13)10-4-2-3-5-12(10)14/h2-5,8,13H,6-7H2,1H3. The molecule has 0 unspecified atom stereocenters. The Kier molecular flexibility index (Phi) is 2.46. The lowest BCUT2D eigenvalue weighted by Gasteiger charge is -2.06. The van der Waals surface area contributed by atoms with Gasteiger partial charge in [-0.05, 0) is 6.07 Å². The average Bonchev–Trinajstić information content (AvgIpc) is 2.95. The first kappa shape index (κ1) is 10.5. The molecule has 1 aromatic heterocycles. The third-order valence-electron chi connectivity index (χ3n) is 2.96. The Balaban J connectivity index is 2.20. The molecule has 0 saturated carbocycles. The predicted molar refractivity (Wildman–Crippen MR) is 62.9 cm³/mol. The van der Waals surface area contributed by atoms with Crippen molar-refractivity contribution in [3.8, 4) is 0 Å². The molecule has 2 heterocycles. The second kappa shape index (κ2) is 3.98. The van der Waals surface area contributed by atoms with E-state index in [9.17, 15) is 4.79 Å². The molecule has 1 aromatic carbocycles. The van der Waals surface area contributed by atoms with Gasteiger partial charge in [-0.3, -0.25) is 9.36 Å². The Morgan fingerprint density at radius 2 is 2.00 bits per heavy atom. The van der Waals surface area contributed by atoms with E-state index in [2.05, 4.69) is 0 Å². The van der Waals surface area contributed by atoms with Crippen LogP contribution in [0.5, 0.6) is 0 Å². The van der Waals surface area contributed by atoms with E-state index in [-0.39, 0.29) is 12.2 Å². The monoisotopic (exact) mass is 231 g/mol. The first-order valence-electron chi connectivity index (χ1n) is 5.61. The van der Waals surface area contributed by atoms with Crippen LogP contribution in [-0.4, -0.2) is 23.7 Å². The van der Waals surface area contributed by atoms with E-state index < -0.39 is 0 Å². The van der Waals surface area contributed by atoms with Crippen molar-refractivity contribution in [3.63, 3.8) is 0 Å². The minimum absolute atomic E-state index is 0.00885. The first-order chi connectivity index (χ1) is 8.27. The van der Waals surface area contributed by atoms with Crippen molar-refractivity contribution in [3.05, 3.63) is 36.0 Å². The van der Waals surface area contributed by atoms with Crippen LogP contribution in [0.2, 0.25) is 0 Å². The summed E-state index contributed by atoms with van der Waals surface area (Å²) < 4.78 is 12.6. The number of benzene rings is 1. The topological polar surface area (TPSA) is 40.5 Å². The molecule has 17 heavy (non-hydrogen) atoms. The average molecular weight is 231 g/mol. The van der Waals surface area contributed by atoms with Gasteiger partial charge in [0.1, 0.15) is 0 Å². The molecule has 0 atom stereocenters. The van der Waals surface area contributed by atoms with Crippen LogP contribution >= 0.6 is 0 Å². The second-order valence-corrected chi connectivity index (χ2v) is 4.06. The molecular weight excluding hydrogens is 218 g/mol. The molecule has 3 rings (SSSR count). The summed E-state index contributed by atoms with van der Waals surface area (Å²) in [5, 5.41) is 1.01. The highest BCUT2D eigenvalue weighted by molar-refractivity contribution is 5.93. The zero-order chi connectivity index (χ0) is 11.8. The number of para-hydroxylation sites is 1. The number of nitrogens with zero attached hydrogens (tertiary/aromatic N) is 1. The van der Waals surface area contributed by atoms with Gasteiger partial charge in [-0.2, -0.15) is 0 Å². The van der Waals surface area contributed by atoms with Crippen molar-refractivity contribution in [2.24, 2.45) is 0 Å². The minimum Gasteiger partial charge on any atom is -0.346 e. The Bertz CT molecular complexity index is 567. The molecule has 0 bridgehead atoms. The van der Waals surface area contributed by atoms with Crippen LogP contribution in [0.15, 0.2) is 30.5 Å². The molecule has 0 radical (unpaired) electrons. The number of hydrogen-bond donors (Lipinski definition) is 0. The zero-order valence-corrected chi connectivity index (χ0v) is 9.55. The Hall–Kier alpha value is -1.65. The van der Waals surface area contributed by atoms with Gasteiger partial charge in [0.05, 0.1) is 18.7 Å². The van der Waals surface area contributed by atoms with E-state index in [1.807, 2.05) is 30.5 Å². The van der Waals surface area contributed by atoms with Gasteiger partial charge in [-0.25, -0.2) is 0 Å². The van der Waals surface area contributed by atoms with Gasteiger partial charge >= 0.3 is 0 Å².